The molecule has 7 nitrogen and oxygen atoms in total. The zero-order valence-electron chi connectivity index (χ0n) is 17.4. The van der Waals surface area contributed by atoms with Crippen LogP contribution in [0.2, 0.25) is 0 Å². The third-order valence-corrected chi connectivity index (χ3v) is 4.77. The predicted molar refractivity (Wildman–Crippen MR) is 111 cm³/mol. The van der Waals surface area contributed by atoms with Crippen LogP contribution in [0.5, 0.6) is 5.75 Å². The summed E-state index contributed by atoms with van der Waals surface area (Å²) in [6.45, 7) is 6.76. The lowest BCUT2D eigenvalue weighted by molar-refractivity contribution is -0.137. The first kappa shape index (κ1) is 22.4. The van der Waals surface area contributed by atoms with E-state index in [-0.39, 0.29) is 11.8 Å². The minimum atomic E-state index is -4.40. The molecule has 0 unspecified atom stereocenters. The highest BCUT2D eigenvalue weighted by Gasteiger charge is 2.30. The molecule has 0 radical (unpaired) electrons. The van der Waals surface area contributed by atoms with Gasteiger partial charge in [-0.15, -0.1) is 20.4 Å². The van der Waals surface area contributed by atoms with Gasteiger partial charge in [-0.05, 0) is 43.4 Å². The van der Waals surface area contributed by atoms with E-state index in [1.165, 1.54) is 12.1 Å². The maximum Gasteiger partial charge on any atom is 0.416 e. The Morgan fingerprint density at radius 2 is 1.58 bits per heavy atom. The van der Waals surface area contributed by atoms with E-state index in [4.69, 9.17) is 4.74 Å². The summed E-state index contributed by atoms with van der Waals surface area (Å²) in [6, 6.07) is 10.2. The minimum absolute atomic E-state index is 0.135. The van der Waals surface area contributed by atoms with Crippen LogP contribution in [0, 0.1) is 0 Å². The molecule has 1 aromatic heterocycles. The molecule has 1 N–H and O–H groups in total. The maximum absolute atomic E-state index is 12.7. The van der Waals surface area contributed by atoms with Crippen molar-refractivity contribution >= 4 is 11.6 Å². The van der Waals surface area contributed by atoms with Crippen LogP contribution in [0.4, 0.5) is 24.8 Å². The highest BCUT2D eigenvalue weighted by atomic mass is 19.4. The molecule has 0 atom stereocenters. The largest absolute Gasteiger partial charge is 0.496 e. The van der Waals surface area contributed by atoms with E-state index in [0.29, 0.717) is 5.56 Å². The van der Waals surface area contributed by atoms with E-state index in [1.807, 2.05) is 18.2 Å². The second kappa shape index (κ2) is 9.69. The van der Waals surface area contributed by atoms with Crippen LogP contribution in [0.3, 0.4) is 0 Å². The molecule has 1 heterocycles. The van der Waals surface area contributed by atoms with Crippen molar-refractivity contribution in [2.75, 3.05) is 25.5 Å². The van der Waals surface area contributed by atoms with Gasteiger partial charge in [-0.3, -0.25) is 4.90 Å². The second-order valence-electron chi connectivity index (χ2n) is 6.74. The van der Waals surface area contributed by atoms with E-state index in [0.717, 1.165) is 48.8 Å². The number of rotatable bonds is 8. The van der Waals surface area contributed by atoms with Gasteiger partial charge in [-0.2, -0.15) is 13.2 Å². The first-order valence-electron chi connectivity index (χ1n) is 9.75. The fourth-order valence-electron chi connectivity index (χ4n) is 3.00. The average molecular weight is 432 g/mol. The van der Waals surface area contributed by atoms with E-state index < -0.39 is 11.7 Å². The van der Waals surface area contributed by atoms with Crippen molar-refractivity contribution in [3.05, 3.63) is 53.6 Å². The number of nitrogens with one attached hydrogen (secondary N) is 1. The van der Waals surface area contributed by atoms with Crippen molar-refractivity contribution in [2.45, 2.75) is 26.6 Å². The number of methoxy groups -OCH3 is 1. The van der Waals surface area contributed by atoms with E-state index in [1.54, 1.807) is 7.11 Å². The van der Waals surface area contributed by atoms with E-state index in [2.05, 4.69) is 44.5 Å². The lowest BCUT2D eigenvalue weighted by Crippen LogP contribution is -2.22. The zero-order valence-corrected chi connectivity index (χ0v) is 17.4. The predicted octanol–water partition coefficient (Wildman–Crippen LogP) is 4.55. The summed E-state index contributed by atoms with van der Waals surface area (Å²) >= 11 is 0. The Morgan fingerprint density at radius 3 is 2.13 bits per heavy atom. The van der Waals surface area contributed by atoms with Gasteiger partial charge in [-0.1, -0.05) is 26.0 Å². The molecule has 0 bridgehead atoms. The number of halogens is 3. The number of alkyl halides is 3. The van der Waals surface area contributed by atoms with E-state index >= 15 is 0 Å². The Hall–Kier alpha value is -3.27. The molecule has 0 saturated heterocycles. The molecule has 2 aromatic carbocycles. The Labute approximate surface area is 178 Å². The first-order chi connectivity index (χ1) is 14.8. The van der Waals surface area contributed by atoms with Gasteiger partial charge in [0, 0.05) is 23.4 Å². The third kappa shape index (κ3) is 5.66. The molecule has 10 heteroatoms. The molecule has 3 rings (SSSR count). The van der Waals surface area contributed by atoms with Crippen molar-refractivity contribution in [2.24, 2.45) is 0 Å². The summed E-state index contributed by atoms with van der Waals surface area (Å²) in [7, 11) is 1.63. The Morgan fingerprint density at radius 1 is 0.935 bits per heavy atom. The Balaban J connectivity index is 1.75. The van der Waals surface area contributed by atoms with Crippen LogP contribution in [0.1, 0.15) is 25.0 Å². The smallest absolute Gasteiger partial charge is 0.416 e. The first-order valence-corrected chi connectivity index (χ1v) is 9.75. The maximum atomic E-state index is 12.7. The average Bonchev–Trinajstić information content (AvgIpc) is 2.77. The van der Waals surface area contributed by atoms with Crippen LogP contribution >= 0.6 is 0 Å². The molecular formula is C21H23F3N6O. The highest BCUT2D eigenvalue weighted by Crippen LogP contribution is 2.30. The highest BCUT2D eigenvalue weighted by molar-refractivity contribution is 5.58. The van der Waals surface area contributed by atoms with Crippen molar-refractivity contribution in [1.29, 1.82) is 0 Å². The Bertz CT molecular complexity index is 989. The molecule has 0 aliphatic carbocycles. The number of nitrogens with zero attached hydrogens (tertiary/aromatic N) is 5. The molecule has 0 amide bonds. The number of benzene rings is 2. The van der Waals surface area contributed by atoms with Gasteiger partial charge in [-0.25, -0.2) is 0 Å². The van der Waals surface area contributed by atoms with Gasteiger partial charge in [0.05, 0.1) is 12.7 Å². The van der Waals surface area contributed by atoms with Gasteiger partial charge in [0.2, 0.25) is 5.82 Å². The lowest BCUT2D eigenvalue weighted by atomic mass is 10.1. The molecule has 0 spiro atoms. The fourth-order valence-corrected chi connectivity index (χ4v) is 3.00. The SMILES string of the molecule is CCN(CC)Cc1cc(Nc2nnc(-c3ccc(C(F)(F)F)cc3)nn2)ccc1OC. The second-order valence-corrected chi connectivity index (χ2v) is 6.74. The summed E-state index contributed by atoms with van der Waals surface area (Å²) in [4.78, 5) is 2.26. The monoisotopic (exact) mass is 432 g/mol. The summed E-state index contributed by atoms with van der Waals surface area (Å²) < 4.78 is 43.5. The number of hydrogen-bond donors (Lipinski definition) is 1. The summed E-state index contributed by atoms with van der Waals surface area (Å²) in [5.41, 5.74) is 1.41. The van der Waals surface area contributed by atoms with Gasteiger partial charge < -0.3 is 10.1 Å². The molecule has 0 aliphatic heterocycles. The summed E-state index contributed by atoms with van der Waals surface area (Å²) in [5, 5.41) is 19.0. The van der Waals surface area contributed by atoms with Gasteiger partial charge >= 0.3 is 6.18 Å². The molecule has 31 heavy (non-hydrogen) atoms. The molecule has 164 valence electrons. The van der Waals surface area contributed by atoms with Crippen LogP contribution in [-0.2, 0) is 12.7 Å². The summed E-state index contributed by atoms with van der Waals surface area (Å²) in [5.74, 6) is 1.10. The number of ether oxygens (including phenoxy) is 1. The van der Waals surface area contributed by atoms with Crippen LogP contribution in [0.25, 0.3) is 11.4 Å². The molecular weight excluding hydrogens is 409 g/mol. The standard InChI is InChI=1S/C21H23F3N6O/c1-4-30(5-2)13-15-12-17(10-11-18(15)31-3)25-20-28-26-19(27-29-20)14-6-8-16(9-7-14)21(22,23)24/h6-12H,4-5,13H2,1-3H3,(H,25,28,29). The topological polar surface area (TPSA) is 76.1 Å². The normalized spacial score (nSPS) is 11.6. The fraction of sp³-hybridized carbons (Fsp3) is 0.333. The number of anilines is 2. The summed E-state index contributed by atoms with van der Waals surface area (Å²) in [6.07, 6.45) is -4.40. The molecule has 3 aromatic rings. The minimum Gasteiger partial charge on any atom is -0.496 e. The zero-order chi connectivity index (χ0) is 22.4. The Kier molecular flexibility index (Phi) is 7.01. The van der Waals surface area contributed by atoms with Gasteiger partial charge in [0.1, 0.15) is 5.75 Å². The van der Waals surface area contributed by atoms with Crippen molar-refractivity contribution in [3.8, 4) is 17.1 Å². The van der Waals surface area contributed by atoms with Crippen molar-refractivity contribution < 1.29 is 17.9 Å². The van der Waals surface area contributed by atoms with Crippen LogP contribution in [0.15, 0.2) is 42.5 Å². The van der Waals surface area contributed by atoms with Crippen molar-refractivity contribution in [1.82, 2.24) is 25.3 Å². The van der Waals surface area contributed by atoms with Crippen molar-refractivity contribution in [3.63, 3.8) is 0 Å². The van der Waals surface area contributed by atoms with E-state index in [9.17, 15) is 13.2 Å². The van der Waals surface area contributed by atoms with Gasteiger partial charge in [0.25, 0.3) is 5.95 Å². The number of hydrogen-bond acceptors (Lipinski definition) is 7. The molecule has 0 aliphatic rings. The molecule has 0 saturated carbocycles. The third-order valence-electron chi connectivity index (χ3n) is 4.77. The quantitative estimate of drug-likeness (QED) is 0.560. The van der Waals surface area contributed by atoms with Crippen LogP contribution in [-0.4, -0.2) is 45.5 Å². The lowest BCUT2D eigenvalue weighted by Gasteiger charge is -2.20. The van der Waals surface area contributed by atoms with Gasteiger partial charge in [0.15, 0.2) is 0 Å². The molecule has 0 fully saturated rings. The van der Waals surface area contributed by atoms with Crippen LogP contribution < -0.4 is 10.1 Å². The number of aromatic nitrogens is 4.